The highest BCUT2D eigenvalue weighted by Gasteiger charge is 2.11. The number of hydrogen-bond donors (Lipinski definition) is 3. The van der Waals surface area contributed by atoms with Gasteiger partial charge in [-0.3, -0.25) is 5.10 Å². The number of rotatable bonds is 8. The third kappa shape index (κ3) is 4.52. The normalized spacial score (nSPS) is 11.7. The maximum absolute atomic E-state index is 5.46. The van der Waals surface area contributed by atoms with Crippen LogP contribution in [-0.4, -0.2) is 43.8 Å². The largest absolute Gasteiger partial charge is 0.496 e. The Morgan fingerprint density at radius 1 is 1.03 bits per heavy atom. The fourth-order valence-electron chi connectivity index (χ4n) is 3.06. The van der Waals surface area contributed by atoms with E-state index < -0.39 is 0 Å². The van der Waals surface area contributed by atoms with Crippen LogP contribution in [0.15, 0.2) is 61.3 Å². The Labute approximate surface area is 174 Å². The van der Waals surface area contributed by atoms with Crippen LogP contribution >= 0.6 is 0 Å². The molecule has 0 saturated carbocycles. The summed E-state index contributed by atoms with van der Waals surface area (Å²) in [5, 5.41) is 13.0. The third-order valence-corrected chi connectivity index (χ3v) is 4.64. The molecule has 0 aliphatic carbocycles. The van der Waals surface area contributed by atoms with Crippen molar-refractivity contribution in [2.75, 3.05) is 24.3 Å². The first-order valence-electron chi connectivity index (χ1n) is 9.51. The molecule has 0 bridgehead atoms. The van der Waals surface area contributed by atoms with Gasteiger partial charge in [0.05, 0.1) is 12.8 Å². The number of ether oxygens (including phenoxy) is 1. The summed E-state index contributed by atoms with van der Waals surface area (Å²) in [5.41, 5.74) is 2.83. The van der Waals surface area contributed by atoms with Crippen molar-refractivity contribution in [2.24, 2.45) is 0 Å². The van der Waals surface area contributed by atoms with Crippen LogP contribution in [0.4, 0.5) is 17.6 Å². The molecular formula is C21H22N8O. The van der Waals surface area contributed by atoms with Crippen LogP contribution in [0.2, 0.25) is 0 Å². The predicted molar refractivity (Wildman–Crippen MR) is 115 cm³/mol. The van der Waals surface area contributed by atoms with E-state index >= 15 is 0 Å². The lowest BCUT2D eigenvalue weighted by Gasteiger charge is -2.16. The van der Waals surface area contributed by atoms with Gasteiger partial charge in [0, 0.05) is 30.3 Å². The third-order valence-electron chi connectivity index (χ3n) is 4.64. The number of nitrogens with zero attached hydrogens (tertiary/aromatic N) is 5. The molecule has 0 aliphatic rings. The number of methoxy groups -OCH3 is 1. The van der Waals surface area contributed by atoms with Crippen molar-refractivity contribution in [3.63, 3.8) is 0 Å². The number of nitrogens with one attached hydrogen (secondary N) is 3. The average Bonchev–Trinajstić information content (AvgIpc) is 3.31. The zero-order valence-electron chi connectivity index (χ0n) is 16.7. The van der Waals surface area contributed by atoms with E-state index in [9.17, 15) is 0 Å². The van der Waals surface area contributed by atoms with Gasteiger partial charge in [-0.1, -0.05) is 25.1 Å². The van der Waals surface area contributed by atoms with E-state index in [4.69, 9.17) is 4.74 Å². The predicted octanol–water partition coefficient (Wildman–Crippen LogP) is 3.62. The molecule has 1 atom stereocenters. The second-order valence-corrected chi connectivity index (χ2v) is 6.69. The van der Waals surface area contributed by atoms with Gasteiger partial charge >= 0.3 is 0 Å². The lowest BCUT2D eigenvalue weighted by Crippen LogP contribution is -2.12. The van der Waals surface area contributed by atoms with Crippen LogP contribution < -0.4 is 15.4 Å². The van der Waals surface area contributed by atoms with Gasteiger partial charge in [0.2, 0.25) is 5.95 Å². The minimum absolute atomic E-state index is 0.252. The summed E-state index contributed by atoms with van der Waals surface area (Å²) in [6.45, 7) is 2.87. The first-order chi connectivity index (χ1) is 14.7. The molecule has 1 aromatic carbocycles. The van der Waals surface area contributed by atoms with Gasteiger partial charge in [-0.25, -0.2) is 19.9 Å². The molecule has 0 unspecified atom stereocenters. The van der Waals surface area contributed by atoms with Gasteiger partial charge in [0.25, 0.3) is 0 Å². The van der Waals surface area contributed by atoms with Crippen LogP contribution in [-0.2, 0) is 0 Å². The molecule has 0 spiro atoms. The topological polar surface area (TPSA) is 114 Å². The van der Waals surface area contributed by atoms with E-state index in [0.29, 0.717) is 18.3 Å². The Balaban J connectivity index is 1.42. The van der Waals surface area contributed by atoms with Gasteiger partial charge in [0.1, 0.15) is 30.0 Å². The van der Waals surface area contributed by atoms with Crippen molar-refractivity contribution in [1.29, 1.82) is 0 Å². The molecule has 3 N–H and O–H groups in total. The fraction of sp³-hybridized carbons (Fsp3) is 0.190. The van der Waals surface area contributed by atoms with E-state index in [0.717, 1.165) is 28.4 Å². The summed E-state index contributed by atoms with van der Waals surface area (Å²) in [6, 6.07) is 13.7. The lowest BCUT2D eigenvalue weighted by atomic mass is 10.00. The van der Waals surface area contributed by atoms with Crippen LogP contribution in [0.3, 0.4) is 0 Å². The van der Waals surface area contributed by atoms with Crippen LogP contribution in [0.5, 0.6) is 5.75 Å². The Hall–Kier alpha value is -4.01. The maximum atomic E-state index is 5.46. The van der Waals surface area contributed by atoms with Crippen molar-refractivity contribution in [3.05, 3.63) is 66.9 Å². The summed E-state index contributed by atoms with van der Waals surface area (Å²) in [5.74, 6) is 3.01. The highest BCUT2D eigenvalue weighted by molar-refractivity contribution is 5.63. The van der Waals surface area contributed by atoms with E-state index in [1.165, 1.54) is 6.33 Å². The lowest BCUT2D eigenvalue weighted by molar-refractivity contribution is 0.407. The first kappa shape index (κ1) is 19.3. The zero-order valence-corrected chi connectivity index (χ0v) is 16.7. The molecule has 4 rings (SSSR count). The minimum Gasteiger partial charge on any atom is -0.496 e. The molecule has 9 nitrogen and oxygen atoms in total. The Bertz CT molecular complexity index is 1080. The SMILES string of the molecule is COc1ccccc1[C@H](C)CNc1cc(-c2ccc(Nc3nc[nH]n3)nc2)ncn1. The van der Waals surface area contributed by atoms with Crippen LogP contribution in [0.1, 0.15) is 18.4 Å². The Kier molecular flexibility index (Phi) is 5.79. The second-order valence-electron chi connectivity index (χ2n) is 6.69. The standard InChI is InChI=1S/C21H22N8O/c1-14(16-5-3-4-6-18(16)30-2)10-22-20-9-17(24-12-25-20)15-7-8-19(23-11-15)28-21-26-13-27-29-21/h3-9,11-14H,10H2,1-2H3,(H,22,24,25)(H2,23,26,27,28,29)/t14-/m1/s1. The number of aromatic amines is 1. The molecule has 4 aromatic rings. The van der Waals surface area contributed by atoms with Gasteiger partial charge in [-0.2, -0.15) is 0 Å². The summed E-state index contributed by atoms with van der Waals surface area (Å²) >= 11 is 0. The van der Waals surface area contributed by atoms with Gasteiger partial charge in [-0.15, -0.1) is 5.10 Å². The number of aromatic nitrogens is 6. The summed E-state index contributed by atoms with van der Waals surface area (Å²) in [7, 11) is 1.69. The highest BCUT2D eigenvalue weighted by atomic mass is 16.5. The number of H-pyrrole nitrogens is 1. The zero-order chi connectivity index (χ0) is 20.8. The molecule has 0 radical (unpaired) electrons. The smallest absolute Gasteiger partial charge is 0.247 e. The quantitative estimate of drug-likeness (QED) is 0.409. The van der Waals surface area contributed by atoms with E-state index in [-0.39, 0.29) is 5.92 Å². The molecule has 9 heteroatoms. The monoisotopic (exact) mass is 402 g/mol. The van der Waals surface area contributed by atoms with E-state index in [1.807, 2.05) is 36.4 Å². The van der Waals surface area contributed by atoms with Crippen molar-refractivity contribution in [2.45, 2.75) is 12.8 Å². The van der Waals surface area contributed by atoms with Gasteiger partial charge in [0.15, 0.2) is 0 Å². The van der Waals surface area contributed by atoms with Gasteiger partial charge < -0.3 is 15.4 Å². The Morgan fingerprint density at radius 3 is 2.70 bits per heavy atom. The number of hydrogen-bond acceptors (Lipinski definition) is 8. The molecule has 30 heavy (non-hydrogen) atoms. The molecule has 0 aliphatic heterocycles. The highest BCUT2D eigenvalue weighted by Crippen LogP contribution is 2.26. The van der Waals surface area contributed by atoms with Crippen molar-refractivity contribution in [1.82, 2.24) is 30.1 Å². The molecular weight excluding hydrogens is 380 g/mol. The second kappa shape index (κ2) is 8.99. The number of benzene rings is 1. The minimum atomic E-state index is 0.252. The molecule has 0 amide bonds. The molecule has 152 valence electrons. The molecule has 0 fully saturated rings. The van der Waals surface area contributed by atoms with Crippen molar-refractivity contribution >= 4 is 17.6 Å². The number of anilines is 3. The van der Waals surface area contributed by atoms with Crippen molar-refractivity contribution < 1.29 is 4.74 Å². The summed E-state index contributed by atoms with van der Waals surface area (Å²) in [6.07, 6.45) is 4.80. The van der Waals surface area contributed by atoms with E-state index in [1.54, 1.807) is 19.6 Å². The molecule has 0 saturated heterocycles. The average molecular weight is 402 g/mol. The molecule has 3 heterocycles. The van der Waals surface area contributed by atoms with Crippen LogP contribution in [0, 0.1) is 0 Å². The summed E-state index contributed by atoms with van der Waals surface area (Å²) < 4.78 is 5.46. The number of pyridine rings is 1. The summed E-state index contributed by atoms with van der Waals surface area (Å²) in [4.78, 5) is 17.1. The number of para-hydroxylation sites is 1. The van der Waals surface area contributed by atoms with Crippen molar-refractivity contribution in [3.8, 4) is 17.0 Å². The fourth-order valence-corrected chi connectivity index (χ4v) is 3.06. The first-order valence-corrected chi connectivity index (χ1v) is 9.51. The Morgan fingerprint density at radius 2 is 1.93 bits per heavy atom. The molecule has 3 aromatic heterocycles. The maximum Gasteiger partial charge on any atom is 0.247 e. The van der Waals surface area contributed by atoms with E-state index in [2.05, 4.69) is 53.8 Å². The van der Waals surface area contributed by atoms with Crippen LogP contribution in [0.25, 0.3) is 11.3 Å². The van der Waals surface area contributed by atoms with Gasteiger partial charge in [-0.05, 0) is 23.8 Å².